The number of nitrogens with two attached hydrogens (primary N) is 1. The average Bonchev–Trinajstić information content (AvgIpc) is 2.86. The molecule has 0 saturated heterocycles. The molecule has 2 N–H and O–H groups in total. The molecule has 6 nitrogen and oxygen atoms in total. The van der Waals surface area contributed by atoms with Crippen LogP contribution < -0.4 is 5.73 Å². The lowest BCUT2D eigenvalue weighted by molar-refractivity contribution is 0.0753. The van der Waals surface area contributed by atoms with E-state index in [2.05, 4.69) is 15.5 Å². The Bertz CT molecular complexity index is 559. The summed E-state index contributed by atoms with van der Waals surface area (Å²) in [5.74, 6) is 0.732. The maximum absolute atomic E-state index is 6.06. The summed E-state index contributed by atoms with van der Waals surface area (Å²) in [6.07, 6.45) is 2.23. The molecule has 0 radical (unpaired) electrons. The van der Waals surface area contributed by atoms with Crippen molar-refractivity contribution in [2.75, 3.05) is 12.3 Å². The Morgan fingerprint density at radius 2 is 2.10 bits per heavy atom. The van der Waals surface area contributed by atoms with Crippen molar-refractivity contribution in [2.24, 2.45) is 0 Å². The second-order valence-electron chi connectivity index (χ2n) is 5.39. The monoisotopic (exact) mass is 289 g/mol. The first-order valence-electron chi connectivity index (χ1n) is 7.33. The number of aryl methyl sites for hydroxylation is 2. The third-order valence-electron chi connectivity index (χ3n) is 3.28. The van der Waals surface area contributed by atoms with E-state index in [1.165, 1.54) is 0 Å². The van der Waals surface area contributed by atoms with E-state index in [-0.39, 0.29) is 6.10 Å². The van der Waals surface area contributed by atoms with Crippen LogP contribution in [-0.4, -0.2) is 32.9 Å². The molecule has 114 valence electrons. The Morgan fingerprint density at radius 1 is 1.29 bits per heavy atom. The highest BCUT2D eigenvalue weighted by Crippen LogP contribution is 2.27. The number of hydrogen-bond donors (Lipinski definition) is 1. The summed E-state index contributed by atoms with van der Waals surface area (Å²) in [5.41, 5.74) is 8.76. The lowest BCUT2D eigenvalue weighted by atomic mass is 10.1. The smallest absolute Gasteiger partial charge is 0.184 e. The van der Waals surface area contributed by atoms with Crippen molar-refractivity contribution < 1.29 is 4.74 Å². The van der Waals surface area contributed by atoms with Gasteiger partial charge >= 0.3 is 0 Å². The zero-order valence-corrected chi connectivity index (χ0v) is 12.9. The molecule has 0 unspecified atom stereocenters. The van der Waals surface area contributed by atoms with Crippen LogP contribution in [0.3, 0.4) is 0 Å². The van der Waals surface area contributed by atoms with Crippen molar-refractivity contribution in [3.63, 3.8) is 0 Å². The molecule has 6 heteroatoms. The van der Waals surface area contributed by atoms with Gasteiger partial charge in [0.2, 0.25) is 0 Å². The molecule has 0 fully saturated rings. The lowest BCUT2D eigenvalue weighted by Gasteiger charge is -2.10. The Hall–Kier alpha value is -1.95. The highest BCUT2D eigenvalue weighted by atomic mass is 16.5. The zero-order chi connectivity index (χ0) is 15.2. The average molecular weight is 289 g/mol. The van der Waals surface area contributed by atoms with Gasteiger partial charge in [-0.15, -0.1) is 5.10 Å². The number of aromatic nitrogens is 4. The van der Waals surface area contributed by atoms with E-state index in [1.807, 2.05) is 43.7 Å². The van der Waals surface area contributed by atoms with E-state index in [4.69, 9.17) is 10.5 Å². The normalized spacial score (nSPS) is 11.2. The lowest BCUT2D eigenvalue weighted by Crippen LogP contribution is -2.08. The summed E-state index contributed by atoms with van der Waals surface area (Å²) in [4.78, 5) is 0. The minimum atomic E-state index is 0.278. The third-order valence-corrected chi connectivity index (χ3v) is 3.28. The van der Waals surface area contributed by atoms with E-state index in [0.29, 0.717) is 5.69 Å². The van der Waals surface area contributed by atoms with Crippen LogP contribution in [0.1, 0.15) is 32.3 Å². The van der Waals surface area contributed by atoms with Crippen molar-refractivity contribution in [1.82, 2.24) is 20.2 Å². The molecule has 0 aliphatic rings. The number of hydrogen-bond acceptors (Lipinski definition) is 5. The van der Waals surface area contributed by atoms with E-state index in [0.717, 1.165) is 42.9 Å². The number of nitrogen functional groups attached to an aromatic ring is 1. The number of nitrogens with zero attached hydrogens (tertiary/aromatic N) is 4. The van der Waals surface area contributed by atoms with Crippen molar-refractivity contribution >= 4 is 5.69 Å². The fraction of sp³-hybridized carbons (Fsp3) is 0.533. The van der Waals surface area contributed by atoms with Crippen LogP contribution in [-0.2, 0) is 11.3 Å². The van der Waals surface area contributed by atoms with Crippen LogP contribution >= 0.6 is 0 Å². The minimum Gasteiger partial charge on any atom is -0.398 e. The molecule has 0 spiro atoms. The quantitative estimate of drug-likeness (QED) is 0.625. The maximum Gasteiger partial charge on any atom is 0.184 e. The Balaban J connectivity index is 2.02. The van der Waals surface area contributed by atoms with Crippen LogP contribution in [0.15, 0.2) is 18.2 Å². The van der Waals surface area contributed by atoms with Crippen LogP contribution in [0.25, 0.3) is 11.4 Å². The second kappa shape index (κ2) is 7.17. The molecule has 21 heavy (non-hydrogen) atoms. The van der Waals surface area contributed by atoms with Gasteiger partial charge in [-0.05, 0) is 55.7 Å². The maximum atomic E-state index is 6.06. The van der Waals surface area contributed by atoms with E-state index >= 15 is 0 Å². The molecule has 1 heterocycles. The largest absolute Gasteiger partial charge is 0.398 e. The van der Waals surface area contributed by atoms with Gasteiger partial charge in [0.1, 0.15) is 0 Å². The fourth-order valence-electron chi connectivity index (χ4n) is 2.21. The predicted molar refractivity (Wildman–Crippen MR) is 82.7 cm³/mol. The van der Waals surface area contributed by atoms with E-state index in [1.54, 1.807) is 0 Å². The highest BCUT2D eigenvalue weighted by molar-refractivity contribution is 5.74. The number of rotatable bonds is 7. The first-order chi connectivity index (χ1) is 10.1. The summed E-state index contributed by atoms with van der Waals surface area (Å²) < 4.78 is 7.35. The molecule has 0 bridgehead atoms. The van der Waals surface area contributed by atoms with Gasteiger partial charge < -0.3 is 10.5 Å². The van der Waals surface area contributed by atoms with Crippen molar-refractivity contribution in [3.05, 3.63) is 23.8 Å². The van der Waals surface area contributed by atoms with Gasteiger partial charge in [0.15, 0.2) is 5.82 Å². The van der Waals surface area contributed by atoms with Crippen molar-refractivity contribution in [1.29, 1.82) is 0 Å². The van der Waals surface area contributed by atoms with Crippen molar-refractivity contribution in [2.45, 2.75) is 46.3 Å². The molecular weight excluding hydrogens is 266 g/mol. The van der Waals surface area contributed by atoms with E-state index < -0.39 is 0 Å². The highest BCUT2D eigenvalue weighted by Gasteiger charge is 2.13. The summed E-state index contributed by atoms with van der Waals surface area (Å²) in [6, 6.07) is 5.82. The van der Waals surface area contributed by atoms with Crippen LogP contribution in [0.5, 0.6) is 0 Å². The molecule has 0 aliphatic heterocycles. The predicted octanol–water partition coefficient (Wildman–Crippen LogP) is 2.44. The van der Waals surface area contributed by atoms with Gasteiger partial charge in [0.25, 0.3) is 0 Å². The van der Waals surface area contributed by atoms with Crippen molar-refractivity contribution in [3.8, 4) is 11.4 Å². The first kappa shape index (κ1) is 15.4. The fourth-order valence-corrected chi connectivity index (χ4v) is 2.21. The molecule has 0 aliphatic carbocycles. The number of benzene rings is 1. The standard InChI is InChI=1S/C15H23N5O/c1-11(2)21-10-5-4-9-20-15(17-18-19-20)14-12(3)7-6-8-13(14)16/h6-8,11H,4-5,9-10,16H2,1-3H3. The SMILES string of the molecule is Cc1cccc(N)c1-c1nnnn1CCCCOC(C)C. The number of anilines is 1. The van der Waals surface area contributed by atoms with Gasteiger partial charge in [-0.1, -0.05) is 12.1 Å². The van der Waals surface area contributed by atoms with E-state index in [9.17, 15) is 0 Å². The van der Waals surface area contributed by atoms with Gasteiger partial charge in [-0.25, -0.2) is 4.68 Å². The Kier molecular flexibility index (Phi) is 5.27. The second-order valence-corrected chi connectivity index (χ2v) is 5.39. The van der Waals surface area contributed by atoms with Gasteiger partial charge in [-0.2, -0.15) is 0 Å². The molecular formula is C15H23N5O. The molecule has 2 aromatic rings. The summed E-state index contributed by atoms with van der Waals surface area (Å²) in [5, 5.41) is 12.0. The summed E-state index contributed by atoms with van der Waals surface area (Å²) >= 11 is 0. The topological polar surface area (TPSA) is 78.9 Å². The number of unbranched alkanes of at least 4 members (excludes halogenated alkanes) is 1. The van der Waals surface area contributed by atoms with Crippen LogP contribution in [0, 0.1) is 6.92 Å². The molecule has 1 aromatic carbocycles. The molecule has 1 aromatic heterocycles. The number of tetrazole rings is 1. The molecule has 2 rings (SSSR count). The van der Waals surface area contributed by atoms with Crippen LogP contribution in [0.2, 0.25) is 0 Å². The third kappa shape index (κ3) is 4.01. The molecule has 0 amide bonds. The molecule has 0 saturated carbocycles. The Labute approximate surface area is 125 Å². The number of ether oxygens (including phenoxy) is 1. The summed E-state index contributed by atoms with van der Waals surface area (Å²) in [6.45, 7) is 7.63. The Morgan fingerprint density at radius 3 is 2.81 bits per heavy atom. The first-order valence-corrected chi connectivity index (χ1v) is 7.33. The van der Waals surface area contributed by atoms with Crippen LogP contribution in [0.4, 0.5) is 5.69 Å². The minimum absolute atomic E-state index is 0.278. The van der Waals surface area contributed by atoms with Gasteiger partial charge in [0.05, 0.1) is 6.10 Å². The van der Waals surface area contributed by atoms with Gasteiger partial charge in [-0.3, -0.25) is 0 Å². The van der Waals surface area contributed by atoms with Gasteiger partial charge in [0, 0.05) is 24.4 Å². The molecule has 0 atom stereocenters. The summed E-state index contributed by atoms with van der Waals surface area (Å²) in [7, 11) is 0. The zero-order valence-electron chi connectivity index (χ0n) is 12.9.